The van der Waals surface area contributed by atoms with Gasteiger partial charge in [0.2, 0.25) is 5.91 Å². The zero-order valence-electron chi connectivity index (χ0n) is 13.6. The van der Waals surface area contributed by atoms with Gasteiger partial charge in [-0.1, -0.05) is 42.5 Å². The summed E-state index contributed by atoms with van der Waals surface area (Å²) >= 11 is 0. The molecule has 0 aliphatic carbocycles. The minimum absolute atomic E-state index is 0.0133. The highest BCUT2D eigenvalue weighted by Gasteiger charge is 2.04. The Balaban J connectivity index is 1.59. The number of amides is 1. The van der Waals surface area contributed by atoms with Crippen LogP contribution in [0.5, 0.6) is 0 Å². The number of carbonyl (C=O) groups is 1. The van der Waals surface area contributed by atoms with E-state index in [1.54, 1.807) is 0 Å². The van der Waals surface area contributed by atoms with Gasteiger partial charge in [-0.05, 0) is 54.4 Å². The molecule has 3 aromatic carbocycles. The predicted octanol–water partition coefficient (Wildman–Crippen LogP) is 4.92. The normalized spacial score (nSPS) is 10.2. The van der Waals surface area contributed by atoms with Crippen molar-refractivity contribution in [1.82, 2.24) is 0 Å². The summed E-state index contributed by atoms with van der Waals surface area (Å²) in [6, 6.07) is 25.7. The lowest BCUT2D eigenvalue weighted by Gasteiger charge is -2.09. The minimum Gasteiger partial charge on any atom is -0.356 e. The molecule has 0 fully saturated rings. The Kier molecular flexibility index (Phi) is 4.92. The van der Waals surface area contributed by atoms with Crippen LogP contribution in [0.25, 0.3) is 0 Å². The summed E-state index contributed by atoms with van der Waals surface area (Å²) < 4.78 is 0. The summed E-state index contributed by atoms with van der Waals surface area (Å²) in [7, 11) is 0. The molecule has 0 saturated carbocycles. The lowest BCUT2D eigenvalue weighted by Crippen LogP contribution is -2.14. The lowest BCUT2D eigenvalue weighted by molar-refractivity contribution is -0.115. The Morgan fingerprint density at radius 1 is 0.792 bits per heavy atom. The topological polar surface area (TPSA) is 41.1 Å². The van der Waals surface area contributed by atoms with Crippen LogP contribution in [0, 0.1) is 6.92 Å². The first-order valence-corrected chi connectivity index (χ1v) is 7.96. The Morgan fingerprint density at radius 2 is 1.50 bits per heavy atom. The summed E-state index contributed by atoms with van der Waals surface area (Å²) in [5.74, 6) is -0.0133. The van der Waals surface area contributed by atoms with Crippen LogP contribution in [0.1, 0.15) is 11.1 Å². The highest BCUT2D eigenvalue weighted by molar-refractivity contribution is 5.92. The van der Waals surface area contributed by atoms with E-state index in [0.29, 0.717) is 6.42 Å². The van der Waals surface area contributed by atoms with E-state index in [9.17, 15) is 4.79 Å². The molecule has 3 heteroatoms. The van der Waals surface area contributed by atoms with Crippen LogP contribution in [0.2, 0.25) is 0 Å². The summed E-state index contributed by atoms with van der Waals surface area (Å²) in [5.41, 5.74) is 5.06. The molecule has 0 bridgehead atoms. The maximum Gasteiger partial charge on any atom is 0.228 e. The number of nitrogens with one attached hydrogen (secondary N) is 2. The molecule has 0 unspecified atom stereocenters. The van der Waals surface area contributed by atoms with Crippen molar-refractivity contribution < 1.29 is 4.79 Å². The molecule has 0 heterocycles. The molecule has 0 aliphatic rings. The van der Waals surface area contributed by atoms with E-state index in [-0.39, 0.29) is 5.91 Å². The van der Waals surface area contributed by atoms with Crippen LogP contribution in [0.4, 0.5) is 17.1 Å². The van der Waals surface area contributed by atoms with Crippen LogP contribution in [-0.4, -0.2) is 5.91 Å². The quantitative estimate of drug-likeness (QED) is 0.701. The zero-order valence-corrected chi connectivity index (χ0v) is 13.6. The molecule has 24 heavy (non-hydrogen) atoms. The first-order chi connectivity index (χ1) is 11.7. The number of benzene rings is 3. The Hall–Kier alpha value is -3.07. The molecule has 3 nitrogen and oxygen atoms in total. The van der Waals surface area contributed by atoms with E-state index in [2.05, 4.69) is 29.7 Å². The molecule has 0 saturated heterocycles. The lowest BCUT2D eigenvalue weighted by atomic mass is 10.1. The summed E-state index contributed by atoms with van der Waals surface area (Å²) in [5, 5.41) is 6.28. The number of hydrogen-bond donors (Lipinski definition) is 2. The van der Waals surface area contributed by atoms with Gasteiger partial charge in [0, 0.05) is 17.1 Å². The molecule has 0 atom stereocenters. The molecule has 0 radical (unpaired) electrons. The molecule has 2 N–H and O–H groups in total. The van der Waals surface area contributed by atoms with Gasteiger partial charge in [-0.2, -0.15) is 0 Å². The number of carbonyl (C=O) groups excluding carboxylic acids is 1. The first kappa shape index (κ1) is 15.8. The summed E-state index contributed by atoms with van der Waals surface area (Å²) in [6.45, 7) is 2.07. The fourth-order valence-electron chi connectivity index (χ4n) is 2.51. The van der Waals surface area contributed by atoms with E-state index in [1.165, 1.54) is 5.56 Å². The molecule has 3 aromatic rings. The van der Waals surface area contributed by atoms with Crippen LogP contribution in [0.15, 0.2) is 78.9 Å². The van der Waals surface area contributed by atoms with Crippen molar-refractivity contribution in [3.05, 3.63) is 90.0 Å². The van der Waals surface area contributed by atoms with Gasteiger partial charge in [0.1, 0.15) is 0 Å². The van der Waals surface area contributed by atoms with Gasteiger partial charge in [-0.3, -0.25) is 4.79 Å². The summed E-state index contributed by atoms with van der Waals surface area (Å²) in [6.07, 6.45) is 0.379. The maximum absolute atomic E-state index is 12.1. The first-order valence-electron chi connectivity index (χ1n) is 7.96. The Morgan fingerprint density at radius 3 is 2.21 bits per heavy atom. The molecule has 0 aromatic heterocycles. The van der Waals surface area contributed by atoms with Crippen molar-refractivity contribution in [2.24, 2.45) is 0 Å². The van der Waals surface area contributed by atoms with E-state index >= 15 is 0 Å². The summed E-state index contributed by atoms with van der Waals surface area (Å²) in [4.78, 5) is 12.1. The highest BCUT2D eigenvalue weighted by atomic mass is 16.1. The predicted molar refractivity (Wildman–Crippen MR) is 99.7 cm³/mol. The smallest absolute Gasteiger partial charge is 0.228 e. The van der Waals surface area contributed by atoms with E-state index in [4.69, 9.17) is 0 Å². The maximum atomic E-state index is 12.1. The third-order valence-corrected chi connectivity index (χ3v) is 3.68. The second-order valence-corrected chi connectivity index (χ2v) is 5.78. The van der Waals surface area contributed by atoms with Gasteiger partial charge in [-0.15, -0.1) is 0 Å². The standard InChI is InChI=1S/C21H20N2O/c1-16-6-5-9-20(14-16)22-18-10-12-19(13-11-18)23-21(24)15-17-7-3-2-4-8-17/h2-14,22H,15H2,1H3,(H,23,24). The Bertz CT molecular complexity index is 811. The third kappa shape index (κ3) is 4.46. The largest absolute Gasteiger partial charge is 0.356 e. The molecule has 1 amide bonds. The molecule has 0 aliphatic heterocycles. The fraction of sp³-hybridized carbons (Fsp3) is 0.0952. The van der Waals surface area contributed by atoms with Crippen LogP contribution in [-0.2, 0) is 11.2 Å². The molecular weight excluding hydrogens is 296 g/mol. The van der Waals surface area contributed by atoms with Crippen LogP contribution >= 0.6 is 0 Å². The van der Waals surface area contributed by atoms with Gasteiger partial charge in [0.25, 0.3) is 0 Å². The van der Waals surface area contributed by atoms with Gasteiger partial charge in [0.05, 0.1) is 6.42 Å². The molecule has 0 spiro atoms. The van der Waals surface area contributed by atoms with Gasteiger partial charge < -0.3 is 10.6 Å². The van der Waals surface area contributed by atoms with Gasteiger partial charge in [-0.25, -0.2) is 0 Å². The van der Waals surface area contributed by atoms with Crippen molar-refractivity contribution in [1.29, 1.82) is 0 Å². The second-order valence-electron chi connectivity index (χ2n) is 5.78. The fourth-order valence-corrected chi connectivity index (χ4v) is 2.51. The van der Waals surface area contributed by atoms with Crippen molar-refractivity contribution in [2.75, 3.05) is 10.6 Å². The molecule has 120 valence electrons. The third-order valence-electron chi connectivity index (χ3n) is 3.68. The van der Waals surface area contributed by atoms with Crippen LogP contribution < -0.4 is 10.6 Å². The Labute approximate surface area is 142 Å². The van der Waals surface area contributed by atoms with Crippen molar-refractivity contribution >= 4 is 23.0 Å². The van der Waals surface area contributed by atoms with Gasteiger partial charge >= 0.3 is 0 Å². The number of anilines is 3. The monoisotopic (exact) mass is 316 g/mol. The number of rotatable bonds is 5. The molecule has 3 rings (SSSR count). The van der Waals surface area contributed by atoms with E-state index < -0.39 is 0 Å². The second kappa shape index (κ2) is 7.47. The van der Waals surface area contributed by atoms with Crippen molar-refractivity contribution in [2.45, 2.75) is 13.3 Å². The average Bonchev–Trinajstić information content (AvgIpc) is 2.57. The number of hydrogen-bond acceptors (Lipinski definition) is 2. The van der Waals surface area contributed by atoms with Crippen LogP contribution in [0.3, 0.4) is 0 Å². The molecular formula is C21H20N2O. The highest BCUT2D eigenvalue weighted by Crippen LogP contribution is 2.19. The minimum atomic E-state index is -0.0133. The zero-order chi connectivity index (χ0) is 16.8. The van der Waals surface area contributed by atoms with E-state index in [1.807, 2.05) is 66.7 Å². The average molecular weight is 316 g/mol. The SMILES string of the molecule is Cc1cccc(Nc2ccc(NC(=O)Cc3ccccc3)cc2)c1. The van der Waals surface area contributed by atoms with E-state index in [0.717, 1.165) is 22.6 Å². The van der Waals surface area contributed by atoms with Crippen molar-refractivity contribution in [3.8, 4) is 0 Å². The number of aryl methyl sites for hydroxylation is 1. The van der Waals surface area contributed by atoms with Gasteiger partial charge in [0.15, 0.2) is 0 Å². The van der Waals surface area contributed by atoms with Crippen molar-refractivity contribution in [3.63, 3.8) is 0 Å².